The van der Waals surface area contributed by atoms with Gasteiger partial charge in [-0.1, -0.05) is 55.5 Å². The minimum Gasteiger partial charge on any atom is -0.487 e. The summed E-state index contributed by atoms with van der Waals surface area (Å²) in [5, 5.41) is 3.37. The molecule has 1 heterocycles. The summed E-state index contributed by atoms with van der Waals surface area (Å²) in [6.07, 6.45) is 1.24. The first-order valence-corrected chi connectivity index (χ1v) is 6.87. The fourth-order valence-electron chi connectivity index (χ4n) is 2.86. The molecule has 0 saturated heterocycles. The van der Waals surface area contributed by atoms with Gasteiger partial charge in [-0.15, -0.1) is 0 Å². The molecule has 0 spiro atoms. The molecule has 2 atom stereocenters. The van der Waals surface area contributed by atoms with Gasteiger partial charge in [-0.25, -0.2) is 0 Å². The van der Waals surface area contributed by atoms with Gasteiger partial charge in [0.2, 0.25) is 0 Å². The third-order valence-corrected chi connectivity index (χ3v) is 3.82. The van der Waals surface area contributed by atoms with Gasteiger partial charge in [0, 0.05) is 11.1 Å². The number of hydrogen-bond acceptors (Lipinski definition) is 2. The van der Waals surface area contributed by atoms with E-state index in [9.17, 15) is 0 Å². The Morgan fingerprint density at radius 2 is 1.84 bits per heavy atom. The number of ether oxygens (including phenoxy) is 1. The molecule has 2 aromatic carbocycles. The number of para-hydroxylation sites is 1. The van der Waals surface area contributed by atoms with Crippen molar-refractivity contribution in [3.05, 3.63) is 54.1 Å². The van der Waals surface area contributed by atoms with Crippen LogP contribution in [-0.4, -0.2) is 13.2 Å². The topological polar surface area (TPSA) is 21.3 Å². The number of rotatable bonds is 3. The van der Waals surface area contributed by atoms with Gasteiger partial charge in [0.1, 0.15) is 11.9 Å². The molecule has 1 N–H and O–H groups in total. The lowest BCUT2D eigenvalue weighted by molar-refractivity contribution is 0.190. The van der Waals surface area contributed by atoms with E-state index < -0.39 is 0 Å². The van der Waals surface area contributed by atoms with E-state index in [0.29, 0.717) is 6.04 Å². The van der Waals surface area contributed by atoms with Crippen molar-refractivity contribution in [1.82, 2.24) is 5.32 Å². The molecule has 0 aliphatic carbocycles. The van der Waals surface area contributed by atoms with E-state index in [1.807, 2.05) is 13.1 Å². The van der Waals surface area contributed by atoms with Crippen LogP contribution in [0.25, 0.3) is 11.1 Å². The Morgan fingerprint density at radius 3 is 2.53 bits per heavy atom. The lowest BCUT2D eigenvalue weighted by Crippen LogP contribution is -2.27. The normalized spacial score (nSPS) is 20.9. The predicted octanol–water partition coefficient (Wildman–Crippen LogP) is 3.79. The van der Waals surface area contributed by atoms with Crippen LogP contribution in [0.3, 0.4) is 0 Å². The first kappa shape index (κ1) is 12.2. The van der Waals surface area contributed by atoms with Crippen LogP contribution >= 0.6 is 0 Å². The molecular formula is C17H19NO. The molecule has 1 aliphatic rings. The quantitative estimate of drug-likeness (QED) is 0.898. The molecule has 2 aromatic rings. The van der Waals surface area contributed by atoms with Crippen LogP contribution in [0, 0.1) is 0 Å². The summed E-state index contributed by atoms with van der Waals surface area (Å²) in [5.74, 6) is 1.04. The Kier molecular flexibility index (Phi) is 3.26. The van der Waals surface area contributed by atoms with Crippen LogP contribution in [0.15, 0.2) is 48.5 Å². The van der Waals surface area contributed by atoms with Crippen LogP contribution in [0.1, 0.15) is 24.9 Å². The van der Waals surface area contributed by atoms with Crippen LogP contribution in [0.4, 0.5) is 0 Å². The molecule has 0 bridgehead atoms. The zero-order chi connectivity index (χ0) is 13.2. The van der Waals surface area contributed by atoms with E-state index >= 15 is 0 Å². The molecule has 98 valence electrons. The Morgan fingerprint density at radius 1 is 1.05 bits per heavy atom. The van der Waals surface area contributed by atoms with E-state index in [1.165, 1.54) is 16.7 Å². The van der Waals surface area contributed by atoms with Gasteiger partial charge in [0.25, 0.3) is 0 Å². The van der Waals surface area contributed by atoms with E-state index in [-0.39, 0.29) is 6.10 Å². The minimum absolute atomic E-state index is 0.227. The second-order valence-corrected chi connectivity index (χ2v) is 4.92. The van der Waals surface area contributed by atoms with Gasteiger partial charge in [-0.3, -0.25) is 0 Å². The van der Waals surface area contributed by atoms with Crippen molar-refractivity contribution < 1.29 is 4.74 Å². The minimum atomic E-state index is 0.227. The zero-order valence-corrected chi connectivity index (χ0v) is 11.4. The third kappa shape index (κ3) is 2.02. The number of hydrogen-bond donors (Lipinski definition) is 1. The predicted molar refractivity (Wildman–Crippen MR) is 78.4 cm³/mol. The maximum atomic E-state index is 6.18. The van der Waals surface area contributed by atoms with Gasteiger partial charge in [-0.05, 0) is 19.0 Å². The average Bonchev–Trinajstić information content (AvgIpc) is 2.85. The molecule has 2 unspecified atom stereocenters. The highest BCUT2D eigenvalue weighted by Gasteiger charge is 2.33. The summed E-state index contributed by atoms with van der Waals surface area (Å²) in [6, 6.07) is 17.2. The Balaban J connectivity index is 2.10. The highest BCUT2D eigenvalue weighted by atomic mass is 16.5. The SMILES string of the molecule is CCC1Oc2c(-c3ccccc3)cccc2C1NC. The van der Waals surface area contributed by atoms with Crippen molar-refractivity contribution in [2.24, 2.45) is 0 Å². The number of benzene rings is 2. The van der Waals surface area contributed by atoms with Crippen molar-refractivity contribution in [3.63, 3.8) is 0 Å². The van der Waals surface area contributed by atoms with Gasteiger partial charge in [-0.2, -0.15) is 0 Å². The van der Waals surface area contributed by atoms with Gasteiger partial charge < -0.3 is 10.1 Å². The molecule has 0 aromatic heterocycles. The molecule has 2 heteroatoms. The second kappa shape index (κ2) is 5.06. The van der Waals surface area contributed by atoms with Crippen molar-refractivity contribution in [1.29, 1.82) is 0 Å². The fraction of sp³-hybridized carbons (Fsp3) is 0.294. The molecule has 3 rings (SSSR count). The summed E-state index contributed by atoms with van der Waals surface area (Å²) < 4.78 is 6.18. The first-order chi connectivity index (χ1) is 9.35. The Labute approximate surface area is 114 Å². The molecular weight excluding hydrogens is 234 g/mol. The van der Waals surface area contributed by atoms with E-state index in [1.54, 1.807) is 0 Å². The highest BCUT2D eigenvalue weighted by molar-refractivity contribution is 5.73. The number of fused-ring (bicyclic) bond motifs is 1. The summed E-state index contributed by atoms with van der Waals surface area (Å²) in [4.78, 5) is 0. The van der Waals surface area contributed by atoms with Gasteiger partial charge >= 0.3 is 0 Å². The van der Waals surface area contributed by atoms with Crippen molar-refractivity contribution in [2.75, 3.05) is 7.05 Å². The number of likely N-dealkylation sites (N-methyl/N-ethyl adjacent to an activating group) is 1. The number of nitrogens with one attached hydrogen (secondary N) is 1. The molecule has 19 heavy (non-hydrogen) atoms. The molecule has 0 radical (unpaired) electrons. The molecule has 2 nitrogen and oxygen atoms in total. The highest BCUT2D eigenvalue weighted by Crippen LogP contribution is 2.44. The first-order valence-electron chi connectivity index (χ1n) is 6.87. The molecule has 1 aliphatic heterocycles. The maximum Gasteiger partial charge on any atom is 0.132 e. The average molecular weight is 253 g/mol. The van der Waals surface area contributed by atoms with Gasteiger partial charge in [0.05, 0.1) is 6.04 Å². The zero-order valence-electron chi connectivity index (χ0n) is 11.4. The molecule has 0 saturated carbocycles. The Hall–Kier alpha value is -1.80. The second-order valence-electron chi connectivity index (χ2n) is 4.92. The van der Waals surface area contributed by atoms with Crippen LogP contribution in [-0.2, 0) is 0 Å². The van der Waals surface area contributed by atoms with Gasteiger partial charge in [0.15, 0.2) is 0 Å². The summed E-state index contributed by atoms with van der Waals surface area (Å²) in [5.41, 5.74) is 3.68. The smallest absolute Gasteiger partial charge is 0.132 e. The van der Waals surface area contributed by atoms with E-state index in [2.05, 4.69) is 54.7 Å². The monoisotopic (exact) mass is 253 g/mol. The Bertz CT molecular complexity index is 565. The van der Waals surface area contributed by atoms with Crippen molar-refractivity contribution >= 4 is 0 Å². The van der Waals surface area contributed by atoms with Crippen LogP contribution in [0.2, 0.25) is 0 Å². The largest absolute Gasteiger partial charge is 0.487 e. The fourth-order valence-corrected chi connectivity index (χ4v) is 2.86. The van der Waals surface area contributed by atoms with Crippen LogP contribution in [0.5, 0.6) is 5.75 Å². The molecule has 0 fully saturated rings. The summed E-state index contributed by atoms with van der Waals surface area (Å²) in [7, 11) is 2.00. The summed E-state index contributed by atoms with van der Waals surface area (Å²) >= 11 is 0. The van der Waals surface area contributed by atoms with E-state index in [0.717, 1.165) is 12.2 Å². The third-order valence-electron chi connectivity index (χ3n) is 3.82. The summed E-state index contributed by atoms with van der Waals surface area (Å²) in [6.45, 7) is 2.17. The standard InChI is InChI=1S/C17H19NO/c1-3-15-16(18-2)14-11-7-10-13(17(14)19-15)12-8-5-4-6-9-12/h4-11,15-16,18H,3H2,1-2H3. The van der Waals surface area contributed by atoms with Crippen LogP contribution < -0.4 is 10.1 Å². The maximum absolute atomic E-state index is 6.18. The van der Waals surface area contributed by atoms with Crippen molar-refractivity contribution in [2.45, 2.75) is 25.5 Å². The molecule has 0 amide bonds. The van der Waals surface area contributed by atoms with Crippen molar-refractivity contribution in [3.8, 4) is 16.9 Å². The lowest BCUT2D eigenvalue weighted by Gasteiger charge is -2.16. The van der Waals surface area contributed by atoms with E-state index in [4.69, 9.17) is 4.74 Å². The lowest BCUT2D eigenvalue weighted by atomic mass is 9.97.